The molecule has 2 aromatic carbocycles. The number of hydrogen-bond donors (Lipinski definition) is 1. The molecule has 0 aliphatic rings. The summed E-state index contributed by atoms with van der Waals surface area (Å²) < 4.78 is 0. The number of nitrogens with one attached hydrogen (secondary N) is 1. The highest BCUT2D eigenvalue weighted by Crippen LogP contribution is 2.18. The summed E-state index contributed by atoms with van der Waals surface area (Å²) in [6.45, 7) is 6.77. The molecule has 0 bridgehead atoms. The number of hydrogen-bond acceptors (Lipinski definition) is 2. The summed E-state index contributed by atoms with van der Waals surface area (Å²) in [6, 6.07) is 17.9. The van der Waals surface area contributed by atoms with Crippen LogP contribution in [0.3, 0.4) is 0 Å². The monoisotopic (exact) mass is 248 g/mol. The van der Waals surface area contributed by atoms with Gasteiger partial charge in [0.2, 0.25) is 0 Å². The van der Waals surface area contributed by atoms with E-state index in [4.69, 9.17) is 5.26 Å². The van der Waals surface area contributed by atoms with Crippen molar-refractivity contribution < 1.29 is 0 Å². The molecule has 2 nitrogen and oxygen atoms in total. The second kappa shape index (κ2) is 5.88. The Bertz CT molecular complexity index is 621. The van der Waals surface area contributed by atoms with E-state index in [9.17, 15) is 0 Å². The highest BCUT2D eigenvalue weighted by molar-refractivity contribution is 5.68. The molecule has 0 saturated carbocycles. The Morgan fingerprint density at radius 1 is 1.21 bits per heavy atom. The van der Waals surface area contributed by atoms with Crippen LogP contribution in [0.15, 0.2) is 55.1 Å². The van der Waals surface area contributed by atoms with Crippen LogP contribution in [0, 0.1) is 18.3 Å². The van der Waals surface area contributed by atoms with Gasteiger partial charge in [-0.05, 0) is 35.8 Å². The molecule has 0 heterocycles. The normalized spacial score (nSPS) is 9.68. The fraction of sp³-hybridized carbons (Fsp3) is 0.118. The van der Waals surface area contributed by atoms with Gasteiger partial charge in [0.1, 0.15) is 0 Å². The number of nitriles is 1. The summed E-state index contributed by atoms with van der Waals surface area (Å²) in [4.78, 5) is 0. The van der Waals surface area contributed by atoms with Crippen molar-refractivity contribution in [2.75, 3.05) is 11.9 Å². The van der Waals surface area contributed by atoms with E-state index in [2.05, 4.69) is 18.0 Å². The fourth-order valence-corrected chi connectivity index (χ4v) is 1.86. The van der Waals surface area contributed by atoms with Crippen molar-refractivity contribution in [3.05, 3.63) is 71.8 Å². The van der Waals surface area contributed by atoms with Crippen LogP contribution in [0.4, 0.5) is 5.69 Å². The average Bonchev–Trinajstić information content (AvgIpc) is 2.47. The van der Waals surface area contributed by atoms with Gasteiger partial charge in [-0.2, -0.15) is 5.26 Å². The number of rotatable bonds is 4. The molecule has 2 rings (SSSR count). The van der Waals surface area contributed by atoms with Gasteiger partial charge in [0.05, 0.1) is 11.6 Å². The molecule has 0 saturated heterocycles. The van der Waals surface area contributed by atoms with Gasteiger partial charge >= 0.3 is 0 Å². The van der Waals surface area contributed by atoms with E-state index in [1.165, 1.54) is 0 Å². The summed E-state index contributed by atoms with van der Waals surface area (Å²) >= 11 is 0. The van der Waals surface area contributed by atoms with Gasteiger partial charge in [0, 0.05) is 12.2 Å². The molecule has 0 atom stereocenters. The molecule has 1 N–H and O–H groups in total. The second-order valence-corrected chi connectivity index (χ2v) is 4.46. The van der Waals surface area contributed by atoms with Crippen LogP contribution >= 0.6 is 0 Å². The minimum atomic E-state index is 0.665. The van der Waals surface area contributed by atoms with E-state index < -0.39 is 0 Å². The molecule has 94 valence electrons. The fourth-order valence-electron chi connectivity index (χ4n) is 1.86. The van der Waals surface area contributed by atoms with Crippen LogP contribution in [-0.4, -0.2) is 6.54 Å². The quantitative estimate of drug-likeness (QED) is 0.888. The van der Waals surface area contributed by atoms with E-state index in [0.29, 0.717) is 12.1 Å². The second-order valence-electron chi connectivity index (χ2n) is 4.46. The van der Waals surface area contributed by atoms with Crippen molar-refractivity contribution in [2.24, 2.45) is 0 Å². The molecule has 0 aromatic heterocycles. The molecule has 0 fully saturated rings. The molecule has 0 radical (unpaired) electrons. The van der Waals surface area contributed by atoms with E-state index in [0.717, 1.165) is 22.4 Å². The standard InChI is InChI=1S/C17H16N2/c1-13-8-9-15(11-18)10-17(13)19-12-14(2)16-6-4-3-5-7-16/h3-10,19H,2,12H2,1H3. The van der Waals surface area contributed by atoms with Crippen LogP contribution < -0.4 is 5.32 Å². The summed E-state index contributed by atoms with van der Waals surface area (Å²) in [6.07, 6.45) is 0. The van der Waals surface area contributed by atoms with Crippen LogP contribution in [-0.2, 0) is 0 Å². The molecule has 2 aromatic rings. The van der Waals surface area contributed by atoms with E-state index in [1.54, 1.807) is 0 Å². The maximum atomic E-state index is 8.91. The first kappa shape index (κ1) is 12.9. The Kier molecular flexibility index (Phi) is 4.00. The molecule has 0 spiro atoms. The lowest BCUT2D eigenvalue weighted by atomic mass is 10.1. The number of anilines is 1. The highest BCUT2D eigenvalue weighted by atomic mass is 14.9. The maximum absolute atomic E-state index is 8.91. The summed E-state index contributed by atoms with van der Waals surface area (Å²) in [5.41, 5.74) is 4.93. The molecule has 0 unspecified atom stereocenters. The average molecular weight is 248 g/mol. The van der Waals surface area contributed by atoms with Gasteiger partial charge in [0.15, 0.2) is 0 Å². The Morgan fingerprint density at radius 2 is 1.95 bits per heavy atom. The summed E-state index contributed by atoms with van der Waals surface area (Å²) in [7, 11) is 0. The molecular weight excluding hydrogens is 232 g/mol. The predicted octanol–water partition coefficient (Wildman–Crippen LogP) is 3.99. The maximum Gasteiger partial charge on any atom is 0.0992 e. The van der Waals surface area contributed by atoms with Crippen molar-refractivity contribution in [1.82, 2.24) is 0 Å². The van der Waals surface area contributed by atoms with Crippen molar-refractivity contribution in [3.8, 4) is 6.07 Å². The molecular formula is C17H16N2. The van der Waals surface area contributed by atoms with Crippen LogP contribution in [0.5, 0.6) is 0 Å². The van der Waals surface area contributed by atoms with Crippen LogP contribution in [0.25, 0.3) is 5.57 Å². The van der Waals surface area contributed by atoms with Crippen molar-refractivity contribution in [3.63, 3.8) is 0 Å². The topological polar surface area (TPSA) is 35.8 Å². The van der Waals surface area contributed by atoms with Gasteiger partial charge in [-0.15, -0.1) is 0 Å². The number of aryl methyl sites for hydroxylation is 1. The first-order valence-corrected chi connectivity index (χ1v) is 6.18. The van der Waals surface area contributed by atoms with Gasteiger partial charge in [-0.1, -0.05) is 43.0 Å². The Labute approximate surface area is 114 Å². The highest BCUT2D eigenvalue weighted by Gasteiger charge is 2.02. The lowest BCUT2D eigenvalue weighted by Gasteiger charge is -2.12. The molecule has 0 aliphatic carbocycles. The third-order valence-electron chi connectivity index (χ3n) is 3.04. The molecule has 19 heavy (non-hydrogen) atoms. The number of nitrogens with zero attached hydrogens (tertiary/aromatic N) is 1. The molecule has 0 amide bonds. The van der Waals surface area contributed by atoms with Crippen LogP contribution in [0.1, 0.15) is 16.7 Å². The first-order chi connectivity index (χ1) is 9.20. The molecule has 0 aliphatic heterocycles. The summed E-state index contributed by atoms with van der Waals surface area (Å²) in [5, 5.41) is 12.2. The minimum absolute atomic E-state index is 0.665. The molecule has 2 heteroatoms. The Morgan fingerprint density at radius 3 is 2.63 bits per heavy atom. The van der Waals surface area contributed by atoms with Crippen LogP contribution in [0.2, 0.25) is 0 Å². The first-order valence-electron chi connectivity index (χ1n) is 6.18. The predicted molar refractivity (Wildman–Crippen MR) is 79.9 cm³/mol. The third-order valence-corrected chi connectivity index (χ3v) is 3.04. The van der Waals surface area contributed by atoms with Crippen molar-refractivity contribution in [1.29, 1.82) is 5.26 Å². The van der Waals surface area contributed by atoms with E-state index in [1.807, 2.05) is 55.5 Å². The van der Waals surface area contributed by atoms with E-state index >= 15 is 0 Å². The minimum Gasteiger partial charge on any atom is -0.381 e. The lowest BCUT2D eigenvalue weighted by molar-refractivity contribution is 1.30. The van der Waals surface area contributed by atoms with Crippen molar-refractivity contribution in [2.45, 2.75) is 6.92 Å². The number of benzene rings is 2. The van der Waals surface area contributed by atoms with Crippen molar-refractivity contribution >= 4 is 11.3 Å². The van der Waals surface area contributed by atoms with Gasteiger partial charge in [-0.3, -0.25) is 0 Å². The zero-order valence-electron chi connectivity index (χ0n) is 11.0. The largest absolute Gasteiger partial charge is 0.381 e. The van der Waals surface area contributed by atoms with Gasteiger partial charge in [-0.25, -0.2) is 0 Å². The zero-order valence-corrected chi connectivity index (χ0v) is 11.0. The van der Waals surface area contributed by atoms with Gasteiger partial charge < -0.3 is 5.32 Å². The lowest BCUT2D eigenvalue weighted by Crippen LogP contribution is -2.05. The summed E-state index contributed by atoms with van der Waals surface area (Å²) in [5.74, 6) is 0. The third kappa shape index (κ3) is 3.23. The smallest absolute Gasteiger partial charge is 0.0992 e. The zero-order chi connectivity index (χ0) is 13.7. The Balaban J connectivity index is 2.07. The Hall–Kier alpha value is -2.53. The van der Waals surface area contributed by atoms with E-state index in [-0.39, 0.29) is 0 Å². The SMILES string of the molecule is C=C(CNc1cc(C#N)ccc1C)c1ccccc1. The van der Waals surface area contributed by atoms with Gasteiger partial charge in [0.25, 0.3) is 0 Å².